The van der Waals surface area contributed by atoms with E-state index in [1.807, 2.05) is 6.92 Å². The minimum Gasteiger partial charge on any atom is -0.388 e. The second-order valence-corrected chi connectivity index (χ2v) is 15.6. The number of aliphatic hydroxyl groups is 1. The smallest absolute Gasteiger partial charge is 0.351 e. The highest BCUT2D eigenvalue weighted by Gasteiger charge is 2.54. The Morgan fingerprint density at radius 3 is 3.03 bits per heavy atom. The predicted octanol–water partition coefficient (Wildman–Crippen LogP) is 3.23. The Labute approximate surface area is 191 Å². The summed E-state index contributed by atoms with van der Waals surface area (Å²) < 4.78 is 19.7. The second kappa shape index (κ2) is 8.56. The predicted molar refractivity (Wildman–Crippen MR) is 125 cm³/mol. The Kier molecular flexibility index (Phi) is 6.46. The average molecular weight is 488 g/mol. The summed E-state index contributed by atoms with van der Waals surface area (Å²) >= 11 is 7.48. The molecule has 0 radical (unpaired) electrons. The van der Waals surface area contributed by atoms with E-state index in [9.17, 15) is 9.90 Å². The topological polar surface area (TPSA) is 109 Å². The summed E-state index contributed by atoms with van der Waals surface area (Å²) in [5, 5.41) is 10.7. The van der Waals surface area contributed by atoms with Crippen molar-refractivity contribution in [3.05, 3.63) is 34.9 Å². The van der Waals surface area contributed by atoms with Crippen molar-refractivity contribution in [1.82, 2.24) is 9.55 Å². The highest BCUT2D eigenvalue weighted by molar-refractivity contribution is 8.68. The molecule has 2 saturated heterocycles. The molecular weight excluding hydrogens is 457 g/mol. The minimum atomic E-state index is -2.54. The van der Waals surface area contributed by atoms with Gasteiger partial charge in [-0.25, -0.2) is 4.79 Å². The van der Waals surface area contributed by atoms with Crippen LogP contribution in [0.4, 0.5) is 5.82 Å². The molecule has 172 valence electrons. The summed E-state index contributed by atoms with van der Waals surface area (Å²) in [6, 6.07) is 1.50. The van der Waals surface area contributed by atoms with E-state index in [1.165, 1.54) is 22.4 Å². The van der Waals surface area contributed by atoms with Gasteiger partial charge in [-0.15, -0.1) is 0 Å². The van der Waals surface area contributed by atoms with Gasteiger partial charge in [-0.05, 0) is 56.9 Å². The molecule has 1 aliphatic carbocycles. The lowest BCUT2D eigenvalue weighted by Gasteiger charge is -2.37. The molecule has 0 bridgehead atoms. The number of hydrogen-bond donors (Lipinski definition) is 2. The van der Waals surface area contributed by atoms with Crippen LogP contribution in [0.15, 0.2) is 29.2 Å². The largest absolute Gasteiger partial charge is 0.388 e. The zero-order valence-corrected chi connectivity index (χ0v) is 20.5. The number of ether oxygens (including phenoxy) is 1. The molecule has 3 fully saturated rings. The Hall–Kier alpha value is -0.740. The lowest BCUT2D eigenvalue weighted by Crippen LogP contribution is -2.39. The van der Waals surface area contributed by atoms with Gasteiger partial charge in [0.15, 0.2) is 6.23 Å². The van der Waals surface area contributed by atoms with Crippen molar-refractivity contribution in [2.45, 2.75) is 69.3 Å². The lowest BCUT2D eigenvalue weighted by molar-refractivity contribution is -0.0507. The van der Waals surface area contributed by atoms with Crippen molar-refractivity contribution in [3.63, 3.8) is 0 Å². The molecule has 8 nitrogen and oxygen atoms in total. The SMILES string of the molecule is C=C(C)[C@H]1CC[C@@]2(C)S[P@](=S)(OC[C@H]3O[C@@H](n4ccc(N)nc4=O)[C@H](O)[C@@H]3C)O[C@@H]2C1. The normalized spacial score (nSPS) is 42.5. The van der Waals surface area contributed by atoms with E-state index in [0.717, 1.165) is 19.3 Å². The van der Waals surface area contributed by atoms with Crippen molar-refractivity contribution in [2.75, 3.05) is 12.3 Å². The molecule has 3 aliphatic rings. The first-order valence-electron chi connectivity index (χ1n) is 10.5. The average Bonchev–Trinajstić information content (AvgIpc) is 3.12. The molecular formula is C20H30N3O5PS2. The van der Waals surface area contributed by atoms with Gasteiger partial charge in [-0.2, -0.15) is 4.98 Å². The summed E-state index contributed by atoms with van der Waals surface area (Å²) in [7, 11) is 0. The molecule has 1 aromatic rings. The third-order valence-corrected chi connectivity index (χ3v) is 12.5. The number of fused-ring (bicyclic) bond motifs is 1. The minimum absolute atomic E-state index is 0.0470. The third kappa shape index (κ3) is 4.53. The van der Waals surface area contributed by atoms with Gasteiger partial charge in [-0.1, -0.05) is 30.5 Å². The highest BCUT2D eigenvalue weighted by Crippen LogP contribution is 2.75. The number of nitrogens with zero attached hydrogens (tertiary/aromatic N) is 2. The number of aliphatic hydroxyl groups excluding tert-OH is 1. The van der Waals surface area contributed by atoms with E-state index in [-0.39, 0.29) is 29.2 Å². The quantitative estimate of drug-likeness (QED) is 0.478. The summed E-state index contributed by atoms with van der Waals surface area (Å²) in [4.78, 5) is 15.9. The monoisotopic (exact) mass is 487 g/mol. The third-order valence-electron chi connectivity index (χ3n) is 6.70. The maximum atomic E-state index is 12.2. The first-order valence-corrected chi connectivity index (χ1v) is 14.5. The van der Waals surface area contributed by atoms with Crippen LogP contribution in [0.1, 0.15) is 46.3 Å². The molecule has 1 saturated carbocycles. The Balaban J connectivity index is 1.42. The first-order chi connectivity index (χ1) is 14.5. The van der Waals surface area contributed by atoms with Crippen LogP contribution in [-0.4, -0.2) is 44.3 Å². The molecule has 0 amide bonds. The van der Waals surface area contributed by atoms with Crippen LogP contribution in [0.5, 0.6) is 0 Å². The van der Waals surface area contributed by atoms with E-state index in [1.54, 1.807) is 11.4 Å². The molecule has 8 atom stereocenters. The molecule has 4 rings (SSSR count). The van der Waals surface area contributed by atoms with Crippen LogP contribution in [0.2, 0.25) is 0 Å². The number of nitrogen functional groups attached to an aromatic ring is 1. The fourth-order valence-electron chi connectivity index (χ4n) is 4.51. The number of allylic oxidation sites excluding steroid dienone is 1. The summed E-state index contributed by atoms with van der Waals surface area (Å²) in [6.45, 7) is 10.5. The maximum absolute atomic E-state index is 12.2. The summed E-state index contributed by atoms with van der Waals surface area (Å²) in [5.74, 6) is 0.328. The van der Waals surface area contributed by atoms with E-state index in [2.05, 4.69) is 25.4 Å². The number of nitrogens with two attached hydrogens (primary N) is 1. The van der Waals surface area contributed by atoms with Crippen LogP contribution >= 0.6 is 17.1 Å². The lowest BCUT2D eigenvalue weighted by atomic mass is 9.77. The Morgan fingerprint density at radius 2 is 2.35 bits per heavy atom. The molecule has 0 unspecified atom stereocenters. The van der Waals surface area contributed by atoms with E-state index in [4.69, 9.17) is 31.3 Å². The van der Waals surface area contributed by atoms with E-state index < -0.39 is 29.8 Å². The van der Waals surface area contributed by atoms with Crippen molar-refractivity contribution in [2.24, 2.45) is 11.8 Å². The van der Waals surface area contributed by atoms with Gasteiger partial charge < -0.3 is 24.6 Å². The van der Waals surface area contributed by atoms with Crippen molar-refractivity contribution < 1.29 is 18.9 Å². The number of rotatable bonds is 5. The van der Waals surface area contributed by atoms with Gasteiger partial charge in [0.25, 0.3) is 0 Å². The van der Waals surface area contributed by atoms with Gasteiger partial charge in [0, 0.05) is 16.9 Å². The maximum Gasteiger partial charge on any atom is 0.351 e. The Bertz CT molecular complexity index is 974. The van der Waals surface area contributed by atoms with Gasteiger partial charge >= 0.3 is 5.69 Å². The highest BCUT2D eigenvalue weighted by atomic mass is 32.9. The van der Waals surface area contributed by atoms with Crippen molar-refractivity contribution in [3.8, 4) is 0 Å². The molecule has 3 N–H and O–H groups in total. The molecule has 0 aromatic carbocycles. The molecule has 31 heavy (non-hydrogen) atoms. The standard InChI is InChI=1S/C20H30N3O5PS2/c1-11(2)13-5-7-20(4)15(9-13)28-29(30,31-20)26-10-14-12(3)17(24)18(27-14)23-8-6-16(21)22-19(23)25/h6,8,12-15,17-18,24H,1,5,7,9-10H2,2-4H3,(H2,21,22,25)/t12-,13+,14-,15-,17-,18-,20-,29-/m1/s1. The fraction of sp³-hybridized carbons (Fsp3) is 0.700. The molecule has 2 aliphatic heterocycles. The fourth-order valence-corrected chi connectivity index (χ4v) is 11.6. The zero-order valence-electron chi connectivity index (χ0n) is 18.0. The number of hydrogen-bond acceptors (Lipinski definition) is 9. The van der Waals surface area contributed by atoms with Gasteiger partial charge in [0.05, 0.1) is 18.8 Å². The van der Waals surface area contributed by atoms with Crippen LogP contribution in [0, 0.1) is 11.8 Å². The van der Waals surface area contributed by atoms with Crippen LogP contribution in [-0.2, 0) is 25.6 Å². The second-order valence-electron chi connectivity index (χ2n) is 9.02. The number of anilines is 1. The van der Waals surface area contributed by atoms with Gasteiger partial charge in [0.1, 0.15) is 11.9 Å². The Morgan fingerprint density at radius 1 is 1.61 bits per heavy atom. The van der Waals surface area contributed by atoms with E-state index >= 15 is 0 Å². The van der Waals surface area contributed by atoms with Crippen LogP contribution in [0.25, 0.3) is 0 Å². The summed E-state index contributed by atoms with van der Waals surface area (Å²) in [6.07, 6.45) is 2.41. The molecule has 0 spiro atoms. The van der Waals surface area contributed by atoms with E-state index in [0.29, 0.717) is 5.92 Å². The zero-order chi connectivity index (χ0) is 22.6. The van der Waals surface area contributed by atoms with Crippen LogP contribution in [0.3, 0.4) is 0 Å². The van der Waals surface area contributed by atoms with Crippen LogP contribution < -0.4 is 11.4 Å². The first kappa shape index (κ1) is 23.4. The van der Waals surface area contributed by atoms with Gasteiger partial charge in [0.2, 0.25) is 5.69 Å². The van der Waals surface area contributed by atoms with Crippen molar-refractivity contribution >= 4 is 34.7 Å². The molecule has 11 heteroatoms. The molecule has 1 aromatic heterocycles. The van der Waals surface area contributed by atoms with Crippen molar-refractivity contribution in [1.29, 1.82) is 0 Å². The van der Waals surface area contributed by atoms with Gasteiger partial charge in [-0.3, -0.25) is 4.57 Å². The number of aromatic nitrogens is 2. The summed E-state index contributed by atoms with van der Waals surface area (Å²) in [5.41, 5.74) is 3.64. The molecule has 3 heterocycles.